The standard InChI is InChI=1S/C26H26N6O2S/c1-3-15-31-25(20-11-7-8-12-22(20)34-2)28-29-26(31)35-17-24(33)27-23-16-21(18-13-14-18)30-32(23)19-9-5-4-6-10-19/h3-12,16,18H,1,13-15,17H2,2H3,(H,27,33). The van der Waals surface area contributed by atoms with E-state index in [1.165, 1.54) is 11.8 Å². The third-order valence-corrected chi connectivity index (χ3v) is 6.67. The van der Waals surface area contributed by atoms with Gasteiger partial charge in [-0.15, -0.1) is 16.8 Å². The molecule has 2 heterocycles. The van der Waals surface area contributed by atoms with Crippen molar-refractivity contribution in [3.05, 3.63) is 79.0 Å². The van der Waals surface area contributed by atoms with Crippen molar-refractivity contribution in [2.24, 2.45) is 0 Å². The van der Waals surface area contributed by atoms with Gasteiger partial charge in [0, 0.05) is 18.5 Å². The van der Waals surface area contributed by atoms with Crippen molar-refractivity contribution in [3.8, 4) is 22.8 Å². The minimum Gasteiger partial charge on any atom is -0.496 e. The average Bonchev–Trinajstić information content (AvgIpc) is 3.54. The van der Waals surface area contributed by atoms with Crippen LogP contribution in [0.3, 0.4) is 0 Å². The van der Waals surface area contributed by atoms with E-state index < -0.39 is 0 Å². The smallest absolute Gasteiger partial charge is 0.236 e. The predicted molar refractivity (Wildman–Crippen MR) is 137 cm³/mol. The Hall–Kier alpha value is -3.85. The normalized spacial score (nSPS) is 12.9. The van der Waals surface area contributed by atoms with Gasteiger partial charge in [0.15, 0.2) is 11.0 Å². The Balaban J connectivity index is 1.33. The molecule has 0 bridgehead atoms. The SMILES string of the molecule is C=CCn1c(SCC(=O)Nc2cc(C3CC3)nn2-c2ccccc2)nnc1-c1ccccc1OC. The molecule has 35 heavy (non-hydrogen) atoms. The summed E-state index contributed by atoms with van der Waals surface area (Å²) in [6.07, 6.45) is 4.06. The van der Waals surface area contributed by atoms with Crippen LogP contribution in [0.4, 0.5) is 5.82 Å². The van der Waals surface area contributed by atoms with Gasteiger partial charge in [0.05, 0.1) is 29.8 Å². The zero-order chi connectivity index (χ0) is 24.2. The van der Waals surface area contributed by atoms with Crippen molar-refractivity contribution >= 4 is 23.5 Å². The number of para-hydroxylation sites is 2. The fourth-order valence-corrected chi connectivity index (χ4v) is 4.61. The highest BCUT2D eigenvalue weighted by Gasteiger charge is 2.28. The molecule has 0 aliphatic heterocycles. The van der Waals surface area contributed by atoms with Crippen LogP contribution in [0.1, 0.15) is 24.5 Å². The fraction of sp³-hybridized carbons (Fsp3) is 0.231. The van der Waals surface area contributed by atoms with Gasteiger partial charge >= 0.3 is 0 Å². The van der Waals surface area contributed by atoms with Crippen LogP contribution in [0, 0.1) is 0 Å². The van der Waals surface area contributed by atoms with E-state index in [9.17, 15) is 4.79 Å². The number of carbonyl (C=O) groups excluding carboxylic acids is 1. The maximum Gasteiger partial charge on any atom is 0.236 e. The second-order valence-electron chi connectivity index (χ2n) is 8.22. The number of anilines is 1. The Bertz CT molecular complexity index is 1340. The second-order valence-corrected chi connectivity index (χ2v) is 9.16. The van der Waals surface area contributed by atoms with Crippen molar-refractivity contribution in [2.75, 3.05) is 18.2 Å². The molecule has 0 saturated heterocycles. The van der Waals surface area contributed by atoms with E-state index in [1.54, 1.807) is 17.9 Å². The highest BCUT2D eigenvalue weighted by molar-refractivity contribution is 7.99. The summed E-state index contributed by atoms with van der Waals surface area (Å²) < 4.78 is 9.23. The van der Waals surface area contributed by atoms with Crippen LogP contribution in [0.5, 0.6) is 5.75 Å². The number of allylic oxidation sites excluding steroid dienone is 1. The van der Waals surface area contributed by atoms with Gasteiger partial charge in [0.2, 0.25) is 5.91 Å². The van der Waals surface area contributed by atoms with Gasteiger partial charge in [0.1, 0.15) is 11.6 Å². The molecule has 1 aliphatic carbocycles. The maximum atomic E-state index is 12.9. The number of hydrogen-bond donors (Lipinski definition) is 1. The highest BCUT2D eigenvalue weighted by atomic mass is 32.2. The third-order valence-electron chi connectivity index (χ3n) is 5.70. The van der Waals surface area contributed by atoms with Crippen molar-refractivity contribution in [1.82, 2.24) is 24.5 Å². The number of benzene rings is 2. The number of methoxy groups -OCH3 is 1. The Morgan fingerprint density at radius 1 is 1.17 bits per heavy atom. The van der Waals surface area contributed by atoms with E-state index in [4.69, 9.17) is 9.84 Å². The summed E-state index contributed by atoms with van der Waals surface area (Å²) in [5.74, 6) is 2.57. The van der Waals surface area contributed by atoms with Gasteiger partial charge < -0.3 is 10.1 Å². The Morgan fingerprint density at radius 2 is 1.94 bits per heavy atom. The quantitative estimate of drug-likeness (QED) is 0.253. The van der Waals surface area contributed by atoms with Crippen LogP contribution in [-0.4, -0.2) is 43.3 Å². The highest BCUT2D eigenvalue weighted by Crippen LogP contribution is 2.40. The minimum atomic E-state index is -0.138. The van der Waals surface area contributed by atoms with Gasteiger partial charge in [-0.3, -0.25) is 9.36 Å². The molecule has 1 saturated carbocycles. The molecule has 2 aromatic carbocycles. The average molecular weight is 487 g/mol. The molecule has 2 aromatic heterocycles. The predicted octanol–water partition coefficient (Wildman–Crippen LogP) is 4.93. The summed E-state index contributed by atoms with van der Waals surface area (Å²) in [5, 5.41) is 17.1. The third kappa shape index (κ3) is 5.00. The monoisotopic (exact) mass is 486 g/mol. The number of rotatable bonds is 10. The first-order valence-electron chi connectivity index (χ1n) is 11.4. The molecule has 0 atom stereocenters. The molecule has 9 heteroatoms. The van der Waals surface area contributed by atoms with E-state index in [2.05, 4.69) is 22.1 Å². The van der Waals surface area contributed by atoms with Crippen molar-refractivity contribution in [1.29, 1.82) is 0 Å². The van der Waals surface area contributed by atoms with E-state index in [1.807, 2.05) is 65.2 Å². The van der Waals surface area contributed by atoms with E-state index in [0.717, 1.165) is 29.8 Å². The van der Waals surface area contributed by atoms with Crippen LogP contribution in [0.2, 0.25) is 0 Å². The zero-order valence-corrected chi connectivity index (χ0v) is 20.2. The Labute approximate surface area is 208 Å². The first-order valence-corrected chi connectivity index (χ1v) is 12.4. The van der Waals surface area contributed by atoms with Gasteiger partial charge in [0.25, 0.3) is 0 Å². The number of thioether (sulfide) groups is 1. The molecule has 0 spiro atoms. The summed E-state index contributed by atoms with van der Waals surface area (Å²) in [7, 11) is 1.63. The summed E-state index contributed by atoms with van der Waals surface area (Å²) in [5.41, 5.74) is 2.76. The fourth-order valence-electron chi connectivity index (χ4n) is 3.86. The molecular formula is C26H26N6O2S. The summed E-state index contributed by atoms with van der Waals surface area (Å²) >= 11 is 1.33. The molecule has 5 rings (SSSR count). The Morgan fingerprint density at radius 3 is 2.69 bits per heavy atom. The van der Waals surface area contributed by atoms with Crippen LogP contribution in [-0.2, 0) is 11.3 Å². The molecule has 1 N–H and O–H groups in total. The number of amides is 1. The first-order chi connectivity index (χ1) is 17.2. The molecule has 4 aromatic rings. The summed E-state index contributed by atoms with van der Waals surface area (Å²) in [4.78, 5) is 12.9. The lowest BCUT2D eigenvalue weighted by atomic mass is 10.2. The lowest BCUT2D eigenvalue weighted by Crippen LogP contribution is -2.17. The zero-order valence-electron chi connectivity index (χ0n) is 19.4. The largest absolute Gasteiger partial charge is 0.496 e. The lowest BCUT2D eigenvalue weighted by molar-refractivity contribution is -0.113. The molecular weight excluding hydrogens is 460 g/mol. The van der Waals surface area contributed by atoms with Crippen LogP contribution >= 0.6 is 11.8 Å². The lowest BCUT2D eigenvalue weighted by Gasteiger charge is -2.11. The van der Waals surface area contributed by atoms with E-state index >= 15 is 0 Å². The molecule has 1 fully saturated rings. The molecule has 8 nitrogen and oxygen atoms in total. The number of carbonyl (C=O) groups is 1. The van der Waals surface area contributed by atoms with Crippen molar-refractivity contribution < 1.29 is 9.53 Å². The molecule has 178 valence electrons. The number of nitrogens with zero attached hydrogens (tertiary/aromatic N) is 5. The first kappa shape index (κ1) is 22.9. The Kier molecular flexibility index (Phi) is 6.67. The van der Waals surface area contributed by atoms with Gasteiger partial charge in [-0.05, 0) is 37.1 Å². The second kappa shape index (κ2) is 10.2. The maximum absolute atomic E-state index is 12.9. The molecule has 1 aliphatic rings. The molecule has 1 amide bonds. The van der Waals surface area contributed by atoms with Gasteiger partial charge in [-0.25, -0.2) is 4.68 Å². The van der Waals surface area contributed by atoms with Crippen LogP contribution < -0.4 is 10.1 Å². The van der Waals surface area contributed by atoms with Gasteiger partial charge in [-0.1, -0.05) is 48.2 Å². The summed E-state index contributed by atoms with van der Waals surface area (Å²) in [6, 6.07) is 19.5. The molecule has 0 radical (unpaired) electrons. The topological polar surface area (TPSA) is 86.9 Å². The van der Waals surface area contributed by atoms with Crippen molar-refractivity contribution in [2.45, 2.75) is 30.5 Å². The number of aromatic nitrogens is 5. The number of hydrogen-bond acceptors (Lipinski definition) is 6. The molecule has 0 unspecified atom stereocenters. The van der Waals surface area contributed by atoms with E-state index in [0.29, 0.717) is 35.0 Å². The van der Waals surface area contributed by atoms with Crippen LogP contribution in [0.15, 0.2) is 78.5 Å². The van der Waals surface area contributed by atoms with Crippen molar-refractivity contribution in [3.63, 3.8) is 0 Å². The van der Waals surface area contributed by atoms with Crippen LogP contribution in [0.25, 0.3) is 17.1 Å². The number of ether oxygens (including phenoxy) is 1. The number of nitrogens with one attached hydrogen (secondary N) is 1. The summed E-state index contributed by atoms with van der Waals surface area (Å²) in [6.45, 7) is 4.37. The van der Waals surface area contributed by atoms with Gasteiger partial charge in [-0.2, -0.15) is 5.10 Å². The van der Waals surface area contributed by atoms with E-state index in [-0.39, 0.29) is 11.7 Å². The minimum absolute atomic E-state index is 0.138.